The molecule has 0 N–H and O–H groups in total. The van der Waals surface area contributed by atoms with Gasteiger partial charge in [0.2, 0.25) is 6.41 Å². The summed E-state index contributed by atoms with van der Waals surface area (Å²) in [6.45, 7) is 3.86. The topological polar surface area (TPSA) is 29.5 Å². The van der Waals surface area contributed by atoms with Crippen LogP contribution in [-0.2, 0) is 16.2 Å². The zero-order valence-corrected chi connectivity index (χ0v) is 8.37. The molecule has 0 radical (unpaired) electrons. The molecule has 0 atom stereocenters. The van der Waals surface area contributed by atoms with E-state index in [9.17, 15) is 4.79 Å². The van der Waals surface area contributed by atoms with E-state index in [-0.39, 0.29) is 0 Å². The van der Waals surface area contributed by atoms with Crippen molar-refractivity contribution in [1.82, 2.24) is 5.06 Å². The van der Waals surface area contributed by atoms with Crippen molar-refractivity contribution in [1.29, 1.82) is 0 Å². The van der Waals surface area contributed by atoms with Crippen LogP contribution in [0.25, 0.3) is 0 Å². The van der Waals surface area contributed by atoms with Gasteiger partial charge in [-0.1, -0.05) is 43.0 Å². The average molecular weight is 203 g/mol. The highest BCUT2D eigenvalue weighted by Gasteiger charge is 1.97. The lowest BCUT2D eigenvalue weighted by atomic mass is 10.2. The molecular formula is C12H13NO2. The minimum atomic E-state index is 0.362. The lowest BCUT2D eigenvalue weighted by molar-refractivity contribution is -0.159. The Morgan fingerprint density at radius 3 is 2.67 bits per heavy atom. The first-order valence-electron chi connectivity index (χ1n) is 4.56. The van der Waals surface area contributed by atoms with Gasteiger partial charge in [-0.3, -0.25) is 9.63 Å². The summed E-state index contributed by atoms with van der Waals surface area (Å²) >= 11 is 0. The second-order valence-electron chi connectivity index (χ2n) is 2.80. The molecule has 0 aliphatic heterocycles. The summed E-state index contributed by atoms with van der Waals surface area (Å²) in [5.74, 6) is 0. The van der Waals surface area contributed by atoms with Crippen LogP contribution >= 0.6 is 0 Å². The van der Waals surface area contributed by atoms with Crippen LogP contribution in [0.5, 0.6) is 0 Å². The highest BCUT2D eigenvalue weighted by Crippen LogP contribution is 2.02. The summed E-state index contributed by atoms with van der Waals surface area (Å²) in [4.78, 5) is 15.8. The smallest absolute Gasteiger partial charge is 0.237 e. The van der Waals surface area contributed by atoms with Crippen molar-refractivity contribution in [2.45, 2.75) is 6.61 Å². The third-order valence-electron chi connectivity index (χ3n) is 1.70. The first-order valence-corrected chi connectivity index (χ1v) is 4.56. The van der Waals surface area contributed by atoms with E-state index < -0.39 is 0 Å². The van der Waals surface area contributed by atoms with Crippen LogP contribution in [0.4, 0.5) is 0 Å². The number of carbonyl (C=O) groups excluding carboxylic acids is 1. The normalized spacial score (nSPS) is 10.1. The molecule has 0 heterocycles. The van der Waals surface area contributed by atoms with Gasteiger partial charge in [0.05, 0.1) is 0 Å². The first-order chi connectivity index (χ1) is 7.36. The van der Waals surface area contributed by atoms with Gasteiger partial charge in [0.1, 0.15) is 6.61 Å². The van der Waals surface area contributed by atoms with Crippen molar-refractivity contribution in [2.75, 3.05) is 0 Å². The lowest BCUT2D eigenvalue weighted by Gasteiger charge is -2.11. The van der Waals surface area contributed by atoms with Crippen molar-refractivity contribution in [2.24, 2.45) is 0 Å². The number of hydrogen-bond acceptors (Lipinski definition) is 2. The summed E-state index contributed by atoms with van der Waals surface area (Å²) < 4.78 is 0. The van der Waals surface area contributed by atoms with Gasteiger partial charge >= 0.3 is 0 Å². The number of rotatable bonds is 6. The summed E-state index contributed by atoms with van der Waals surface area (Å²) in [5, 5.41) is 1.11. The molecule has 1 rings (SSSR count). The standard InChI is InChI=1S/C12H13NO2/c1-2-3-9-13(11-14)15-10-12-7-5-4-6-8-12/h2-9,11H,1,10H2/b9-3+. The van der Waals surface area contributed by atoms with Gasteiger partial charge in [-0.05, 0) is 11.6 Å². The predicted octanol–water partition coefficient (Wildman–Crippen LogP) is 2.28. The van der Waals surface area contributed by atoms with Gasteiger partial charge in [0.15, 0.2) is 0 Å². The van der Waals surface area contributed by atoms with E-state index in [1.54, 1.807) is 12.2 Å². The van der Waals surface area contributed by atoms with Crippen molar-refractivity contribution in [3.63, 3.8) is 0 Å². The van der Waals surface area contributed by atoms with E-state index in [0.29, 0.717) is 13.0 Å². The fraction of sp³-hybridized carbons (Fsp3) is 0.0833. The van der Waals surface area contributed by atoms with Gasteiger partial charge in [-0.15, -0.1) is 0 Å². The van der Waals surface area contributed by atoms with Crippen LogP contribution in [-0.4, -0.2) is 11.5 Å². The third-order valence-corrected chi connectivity index (χ3v) is 1.70. The van der Waals surface area contributed by atoms with E-state index in [0.717, 1.165) is 10.6 Å². The Kier molecular flexibility index (Phi) is 4.90. The highest BCUT2D eigenvalue weighted by atomic mass is 16.7. The first kappa shape index (κ1) is 11.2. The van der Waals surface area contributed by atoms with Gasteiger partial charge in [0, 0.05) is 6.20 Å². The third kappa shape index (κ3) is 4.24. The Morgan fingerprint density at radius 2 is 2.07 bits per heavy atom. The number of hydroxylamine groups is 2. The van der Waals surface area contributed by atoms with E-state index in [2.05, 4.69) is 6.58 Å². The molecule has 0 fully saturated rings. The monoisotopic (exact) mass is 203 g/mol. The van der Waals surface area contributed by atoms with Crippen molar-refractivity contribution in [3.8, 4) is 0 Å². The summed E-state index contributed by atoms with van der Waals surface area (Å²) in [5.41, 5.74) is 1.01. The molecule has 0 saturated heterocycles. The Bertz CT molecular complexity index is 333. The maximum atomic E-state index is 10.5. The van der Waals surface area contributed by atoms with Crippen molar-refractivity contribution >= 4 is 6.41 Å². The Morgan fingerprint density at radius 1 is 1.33 bits per heavy atom. The minimum absolute atomic E-state index is 0.362. The second-order valence-corrected chi connectivity index (χ2v) is 2.80. The SMILES string of the molecule is C=C/C=C/N(C=O)OCc1ccccc1. The van der Waals surface area contributed by atoms with Crippen LogP contribution in [0, 0.1) is 0 Å². The summed E-state index contributed by atoms with van der Waals surface area (Å²) in [6.07, 6.45) is 5.30. The molecule has 1 aromatic carbocycles. The maximum Gasteiger partial charge on any atom is 0.237 e. The lowest BCUT2D eigenvalue weighted by Crippen LogP contribution is -2.15. The predicted molar refractivity (Wildman–Crippen MR) is 58.5 cm³/mol. The number of benzene rings is 1. The zero-order valence-electron chi connectivity index (χ0n) is 8.37. The number of carbonyl (C=O) groups is 1. The molecule has 3 nitrogen and oxygen atoms in total. The van der Waals surface area contributed by atoms with Crippen LogP contribution in [0.3, 0.4) is 0 Å². The summed E-state index contributed by atoms with van der Waals surface area (Å²) in [6, 6.07) is 9.63. The molecule has 0 aliphatic carbocycles. The van der Waals surface area contributed by atoms with E-state index in [1.165, 1.54) is 6.20 Å². The Labute approximate surface area is 89.2 Å². The molecule has 15 heavy (non-hydrogen) atoms. The van der Waals surface area contributed by atoms with E-state index >= 15 is 0 Å². The molecule has 0 unspecified atom stereocenters. The molecule has 1 amide bonds. The van der Waals surface area contributed by atoms with Gasteiger partial charge in [0.25, 0.3) is 0 Å². The summed E-state index contributed by atoms with van der Waals surface area (Å²) in [7, 11) is 0. The Balaban J connectivity index is 2.44. The molecule has 1 aromatic rings. The van der Waals surface area contributed by atoms with E-state index in [1.807, 2.05) is 30.3 Å². The van der Waals surface area contributed by atoms with Gasteiger partial charge < -0.3 is 0 Å². The molecule has 3 heteroatoms. The van der Waals surface area contributed by atoms with Crippen LogP contribution < -0.4 is 0 Å². The zero-order chi connectivity index (χ0) is 10.9. The number of nitrogens with zero attached hydrogens (tertiary/aromatic N) is 1. The molecule has 78 valence electrons. The maximum absolute atomic E-state index is 10.5. The minimum Gasteiger partial charge on any atom is -0.276 e. The number of allylic oxidation sites excluding steroid dienone is 2. The van der Waals surface area contributed by atoms with Gasteiger partial charge in [-0.25, -0.2) is 0 Å². The quantitative estimate of drug-likeness (QED) is 0.403. The highest BCUT2D eigenvalue weighted by molar-refractivity contribution is 5.47. The second kappa shape index (κ2) is 6.56. The Hall–Kier alpha value is -1.87. The molecule has 0 aliphatic rings. The van der Waals surface area contributed by atoms with Gasteiger partial charge in [-0.2, -0.15) is 5.06 Å². The van der Waals surface area contributed by atoms with Crippen LogP contribution in [0.15, 0.2) is 55.3 Å². The molecule has 0 saturated carbocycles. The van der Waals surface area contributed by atoms with E-state index in [4.69, 9.17) is 4.84 Å². The average Bonchev–Trinajstić information content (AvgIpc) is 2.31. The number of amides is 1. The number of hydrogen-bond donors (Lipinski definition) is 0. The molecular weight excluding hydrogens is 190 g/mol. The molecule has 0 bridgehead atoms. The van der Waals surface area contributed by atoms with Crippen LogP contribution in [0.1, 0.15) is 5.56 Å². The molecule has 0 spiro atoms. The largest absolute Gasteiger partial charge is 0.276 e. The van der Waals surface area contributed by atoms with Crippen molar-refractivity contribution < 1.29 is 9.63 Å². The fourth-order valence-corrected chi connectivity index (χ4v) is 0.978. The van der Waals surface area contributed by atoms with Crippen LogP contribution in [0.2, 0.25) is 0 Å². The molecule has 0 aromatic heterocycles. The fourth-order valence-electron chi connectivity index (χ4n) is 0.978. The van der Waals surface area contributed by atoms with Crippen molar-refractivity contribution in [3.05, 3.63) is 60.8 Å².